The Morgan fingerprint density at radius 1 is 0.733 bits per heavy atom. The van der Waals surface area contributed by atoms with Crippen molar-refractivity contribution in [3.05, 3.63) is 90.6 Å². The number of rotatable bonds is 9. The van der Waals surface area contributed by atoms with Crippen LogP contribution < -0.4 is 19.9 Å². The van der Waals surface area contributed by atoms with Gasteiger partial charge in [-0.3, -0.25) is 5.10 Å². The van der Waals surface area contributed by atoms with Crippen LogP contribution in [0.25, 0.3) is 11.3 Å². The Morgan fingerprint density at radius 3 is 2.27 bits per heavy atom. The molecule has 0 saturated carbocycles. The number of nitrogens with two attached hydrogens (primary N) is 1. The van der Waals surface area contributed by atoms with E-state index in [4.69, 9.17) is 19.9 Å². The Morgan fingerprint density at radius 2 is 1.43 bits per heavy atom. The number of H-pyrrole nitrogens is 1. The fourth-order valence-corrected chi connectivity index (χ4v) is 2.97. The molecule has 3 N–H and O–H groups in total. The molecule has 0 amide bonds. The molecule has 0 saturated heterocycles. The first-order valence-electron chi connectivity index (χ1n) is 9.71. The van der Waals surface area contributed by atoms with Crippen molar-refractivity contribution >= 4 is 5.69 Å². The topological polar surface area (TPSA) is 82.4 Å². The summed E-state index contributed by atoms with van der Waals surface area (Å²) in [6.07, 6.45) is 0. The monoisotopic (exact) mass is 401 g/mol. The van der Waals surface area contributed by atoms with Gasteiger partial charge in [0, 0.05) is 5.56 Å². The Labute approximate surface area is 175 Å². The molecule has 0 aliphatic carbocycles. The highest BCUT2D eigenvalue weighted by atomic mass is 16.5. The maximum absolute atomic E-state index is 5.94. The van der Waals surface area contributed by atoms with Gasteiger partial charge in [-0.2, -0.15) is 5.10 Å². The zero-order valence-corrected chi connectivity index (χ0v) is 16.5. The van der Waals surface area contributed by atoms with Crippen LogP contribution in [0.2, 0.25) is 0 Å². The third-order valence-electron chi connectivity index (χ3n) is 4.45. The normalized spacial score (nSPS) is 10.5. The number of ether oxygens (including phenoxy) is 3. The third-order valence-corrected chi connectivity index (χ3v) is 4.45. The Kier molecular flexibility index (Phi) is 6.15. The zero-order chi connectivity index (χ0) is 20.6. The highest BCUT2D eigenvalue weighted by Gasteiger charge is 2.11. The number of nitrogen functional groups attached to an aromatic ring is 1. The minimum Gasteiger partial charge on any atom is -0.490 e. The molecule has 0 aliphatic rings. The molecule has 0 aliphatic heterocycles. The molecule has 3 aromatic carbocycles. The van der Waals surface area contributed by atoms with Gasteiger partial charge < -0.3 is 19.9 Å². The molecule has 1 aromatic heterocycles. The van der Waals surface area contributed by atoms with Gasteiger partial charge in [-0.15, -0.1) is 0 Å². The first-order valence-corrected chi connectivity index (χ1v) is 9.71. The van der Waals surface area contributed by atoms with Gasteiger partial charge in [0.25, 0.3) is 0 Å². The second-order valence-electron chi connectivity index (χ2n) is 6.61. The molecule has 0 atom stereocenters. The van der Waals surface area contributed by atoms with Crippen molar-refractivity contribution in [1.29, 1.82) is 0 Å². The lowest BCUT2D eigenvalue weighted by atomic mass is 10.1. The van der Waals surface area contributed by atoms with Crippen LogP contribution in [0.3, 0.4) is 0 Å². The van der Waals surface area contributed by atoms with Crippen LogP contribution in [0, 0.1) is 0 Å². The summed E-state index contributed by atoms with van der Waals surface area (Å²) >= 11 is 0. The van der Waals surface area contributed by atoms with E-state index in [1.165, 1.54) is 0 Å². The molecule has 30 heavy (non-hydrogen) atoms. The molecule has 4 rings (SSSR count). The average Bonchev–Trinajstić information content (AvgIpc) is 3.26. The third kappa shape index (κ3) is 4.91. The van der Waals surface area contributed by atoms with Crippen LogP contribution in [0.5, 0.6) is 17.2 Å². The van der Waals surface area contributed by atoms with E-state index >= 15 is 0 Å². The standard InChI is InChI=1S/C24H23N3O3/c25-21-11-5-7-13-24(21)30-17-18-16-22(27-26-18)20-10-4-6-12-23(20)29-15-14-28-19-8-2-1-3-9-19/h1-13,16H,14-15,17,25H2,(H,26,27). The van der Waals surface area contributed by atoms with E-state index in [9.17, 15) is 0 Å². The minimum atomic E-state index is 0.342. The van der Waals surface area contributed by atoms with Crippen molar-refractivity contribution in [1.82, 2.24) is 10.2 Å². The fourth-order valence-electron chi connectivity index (χ4n) is 2.97. The van der Waals surface area contributed by atoms with E-state index in [-0.39, 0.29) is 0 Å². The lowest BCUT2D eigenvalue weighted by Gasteiger charge is -2.11. The van der Waals surface area contributed by atoms with E-state index in [2.05, 4.69) is 10.2 Å². The Balaban J connectivity index is 1.37. The molecular formula is C24H23N3O3. The molecule has 6 nitrogen and oxygen atoms in total. The number of anilines is 1. The molecule has 4 aromatic rings. The molecule has 6 heteroatoms. The number of nitrogens with one attached hydrogen (secondary N) is 1. The van der Waals surface area contributed by atoms with Crippen molar-refractivity contribution in [3.8, 4) is 28.5 Å². The number of hydrogen-bond donors (Lipinski definition) is 2. The highest BCUT2D eigenvalue weighted by molar-refractivity contribution is 5.67. The average molecular weight is 401 g/mol. The summed E-state index contributed by atoms with van der Waals surface area (Å²) in [5, 5.41) is 7.42. The van der Waals surface area contributed by atoms with E-state index in [0.717, 1.165) is 28.5 Å². The molecular weight excluding hydrogens is 378 g/mol. The van der Waals surface area contributed by atoms with Crippen molar-refractivity contribution in [2.45, 2.75) is 6.61 Å². The van der Waals surface area contributed by atoms with E-state index < -0.39 is 0 Å². The first kappa shape index (κ1) is 19.4. The number of nitrogens with zero attached hydrogens (tertiary/aromatic N) is 1. The van der Waals surface area contributed by atoms with Crippen molar-refractivity contribution in [3.63, 3.8) is 0 Å². The van der Waals surface area contributed by atoms with Gasteiger partial charge >= 0.3 is 0 Å². The van der Waals surface area contributed by atoms with E-state index in [1.807, 2.05) is 84.9 Å². The summed E-state index contributed by atoms with van der Waals surface area (Å²) < 4.78 is 17.4. The van der Waals surface area contributed by atoms with E-state index in [0.29, 0.717) is 31.3 Å². The summed E-state index contributed by atoms with van der Waals surface area (Å²) in [6, 6.07) is 26.8. The predicted octanol–water partition coefficient (Wildman–Crippen LogP) is 4.70. The van der Waals surface area contributed by atoms with Crippen molar-refractivity contribution in [2.24, 2.45) is 0 Å². The second kappa shape index (κ2) is 9.52. The largest absolute Gasteiger partial charge is 0.490 e. The first-order chi connectivity index (χ1) is 14.8. The lowest BCUT2D eigenvalue weighted by Crippen LogP contribution is -2.09. The predicted molar refractivity (Wildman–Crippen MR) is 117 cm³/mol. The van der Waals surface area contributed by atoms with Crippen LogP contribution in [0.1, 0.15) is 5.69 Å². The molecule has 152 valence electrons. The lowest BCUT2D eigenvalue weighted by molar-refractivity contribution is 0.217. The van der Waals surface area contributed by atoms with Gasteiger partial charge in [-0.1, -0.05) is 42.5 Å². The van der Waals surface area contributed by atoms with Gasteiger partial charge in [0.1, 0.15) is 37.1 Å². The van der Waals surface area contributed by atoms with Crippen LogP contribution in [0.15, 0.2) is 84.9 Å². The SMILES string of the molecule is Nc1ccccc1OCc1cc(-c2ccccc2OCCOc2ccccc2)n[nH]1. The highest BCUT2D eigenvalue weighted by Crippen LogP contribution is 2.29. The summed E-state index contributed by atoms with van der Waals surface area (Å²) in [7, 11) is 0. The molecule has 0 bridgehead atoms. The number of aromatic amines is 1. The number of para-hydroxylation sites is 4. The molecule has 1 heterocycles. The van der Waals surface area contributed by atoms with Crippen LogP contribution >= 0.6 is 0 Å². The minimum absolute atomic E-state index is 0.342. The molecule has 0 radical (unpaired) electrons. The summed E-state index contributed by atoms with van der Waals surface area (Å²) in [5.41, 5.74) is 9.05. The number of aromatic nitrogens is 2. The van der Waals surface area contributed by atoms with E-state index in [1.54, 1.807) is 0 Å². The molecule has 0 fully saturated rings. The molecule has 0 unspecified atom stereocenters. The second-order valence-corrected chi connectivity index (χ2v) is 6.61. The molecule has 0 spiro atoms. The van der Waals surface area contributed by atoms with Gasteiger partial charge in [0.15, 0.2) is 0 Å². The maximum Gasteiger partial charge on any atom is 0.142 e. The van der Waals surface area contributed by atoms with Gasteiger partial charge in [0.2, 0.25) is 0 Å². The number of hydrogen-bond acceptors (Lipinski definition) is 5. The van der Waals surface area contributed by atoms with Crippen molar-refractivity contribution in [2.75, 3.05) is 18.9 Å². The van der Waals surface area contributed by atoms with Gasteiger partial charge in [0.05, 0.1) is 17.1 Å². The van der Waals surface area contributed by atoms with Gasteiger partial charge in [-0.05, 0) is 42.5 Å². The number of benzene rings is 3. The van der Waals surface area contributed by atoms with Crippen molar-refractivity contribution < 1.29 is 14.2 Å². The smallest absolute Gasteiger partial charge is 0.142 e. The quantitative estimate of drug-likeness (QED) is 0.314. The summed E-state index contributed by atoms with van der Waals surface area (Å²) in [6.45, 7) is 1.23. The fraction of sp³-hybridized carbons (Fsp3) is 0.125. The van der Waals surface area contributed by atoms with Crippen LogP contribution in [-0.2, 0) is 6.61 Å². The summed E-state index contributed by atoms with van der Waals surface area (Å²) in [5.74, 6) is 2.22. The maximum atomic E-state index is 5.94. The van der Waals surface area contributed by atoms with Crippen LogP contribution in [-0.4, -0.2) is 23.4 Å². The van der Waals surface area contributed by atoms with Gasteiger partial charge in [-0.25, -0.2) is 0 Å². The summed E-state index contributed by atoms with van der Waals surface area (Å²) in [4.78, 5) is 0. The zero-order valence-electron chi connectivity index (χ0n) is 16.5. The van der Waals surface area contributed by atoms with Crippen LogP contribution in [0.4, 0.5) is 5.69 Å². The Hall–Kier alpha value is -3.93. The Bertz CT molecular complexity index is 1080.